The van der Waals surface area contributed by atoms with Crippen molar-refractivity contribution in [1.29, 1.82) is 0 Å². The molecule has 2 aromatic heterocycles. The Morgan fingerprint density at radius 1 is 1.32 bits per heavy atom. The number of hydrogen-bond donors (Lipinski definition) is 0. The molecule has 0 spiro atoms. The van der Waals surface area contributed by atoms with Crippen LogP contribution in [0.5, 0.6) is 0 Å². The molecule has 0 saturated carbocycles. The summed E-state index contributed by atoms with van der Waals surface area (Å²) in [6.45, 7) is 5.70. The van der Waals surface area contributed by atoms with Crippen molar-refractivity contribution in [3.05, 3.63) is 46.1 Å². The Balaban J connectivity index is 1.90. The Kier molecular flexibility index (Phi) is 3.01. The molecule has 0 radical (unpaired) electrons. The summed E-state index contributed by atoms with van der Waals surface area (Å²) in [6.07, 6.45) is 0. The van der Waals surface area contributed by atoms with Gasteiger partial charge in [0.2, 0.25) is 0 Å². The van der Waals surface area contributed by atoms with Crippen molar-refractivity contribution in [1.82, 2.24) is 9.47 Å². The van der Waals surface area contributed by atoms with E-state index in [0.717, 1.165) is 6.54 Å². The number of aromatic nitrogens is 1. The fourth-order valence-electron chi connectivity index (χ4n) is 2.67. The van der Waals surface area contributed by atoms with Gasteiger partial charge in [0.1, 0.15) is 0 Å². The number of furan rings is 1. The SMILES string of the molecule is Cc1ccc2n1CCN(C(=O)c1ccc(Br)o1)[C@@H]2C. The molecule has 0 aliphatic carbocycles. The summed E-state index contributed by atoms with van der Waals surface area (Å²) in [6, 6.07) is 7.71. The summed E-state index contributed by atoms with van der Waals surface area (Å²) < 4.78 is 8.21. The van der Waals surface area contributed by atoms with Crippen molar-refractivity contribution in [2.24, 2.45) is 0 Å². The minimum absolute atomic E-state index is 0.0525. The van der Waals surface area contributed by atoms with E-state index in [1.165, 1.54) is 11.4 Å². The molecular formula is C14H15BrN2O2. The molecule has 100 valence electrons. The fraction of sp³-hybridized carbons (Fsp3) is 0.357. The highest BCUT2D eigenvalue weighted by atomic mass is 79.9. The normalized spacial score (nSPS) is 18.5. The zero-order chi connectivity index (χ0) is 13.6. The van der Waals surface area contributed by atoms with Gasteiger partial charge in [0.25, 0.3) is 5.91 Å². The average Bonchev–Trinajstić information content (AvgIpc) is 2.97. The van der Waals surface area contributed by atoms with Gasteiger partial charge in [-0.05, 0) is 54.0 Å². The zero-order valence-electron chi connectivity index (χ0n) is 10.9. The van der Waals surface area contributed by atoms with E-state index in [9.17, 15) is 4.79 Å². The van der Waals surface area contributed by atoms with Crippen molar-refractivity contribution in [2.75, 3.05) is 6.54 Å². The van der Waals surface area contributed by atoms with Crippen LogP contribution in [0.15, 0.2) is 33.4 Å². The first-order valence-corrected chi connectivity index (χ1v) is 7.09. The molecule has 3 rings (SSSR count). The lowest BCUT2D eigenvalue weighted by molar-refractivity contribution is 0.0609. The van der Waals surface area contributed by atoms with Crippen molar-refractivity contribution in [3.63, 3.8) is 0 Å². The summed E-state index contributed by atoms with van der Waals surface area (Å²) in [5, 5.41) is 0. The van der Waals surface area contributed by atoms with Gasteiger partial charge in [-0.3, -0.25) is 4.79 Å². The predicted octanol–water partition coefficient (Wildman–Crippen LogP) is 3.37. The maximum Gasteiger partial charge on any atom is 0.290 e. The average molecular weight is 323 g/mol. The smallest absolute Gasteiger partial charge is 0.290 e. The molecule has 0 bridgehead atoms. The van der Waals surface area contributed by atoms with Crippen LogP contribution in [-0.2, 0) is 6.54 Å². The van der Waals surface area contributed by atoms with Crippen LogP contribution in [0, 0.1) is 6.92 Å². The van der Waals surface area contributed by atoms with E-state index in [0.29, 0.717) is 17.0 Å². The maximum atomic E-state index is 12.4. The second-order valence-corrected chi connectivity index (χ2v) is 5.61. The summed E-state index contributed by atoms with van der Waals surface area (Å²) in [7, 11) is 0. The van der Waals surface area contributed by atoms with E-state index in [4.69, 9.17) is 4.42 Å². The highest BCUT2D eigenvalue weighted by Crippen LogP contribution is 2.29. The quantitative estimate of drug-likeness (QED) is 0.807. The molecule has 1 aliphatic rings. The second kappa shape index (κ2) is 4.56. The monoisotopic (exact) mass is 322 g/mol. The van der Waals surface area contributed by atoms with E-state index in [2.05, 4.69) is 46.5 Å². The summed E-state index contributed by atoms with van der Waals surface area (Å²) in [4.78, 5) is 14.3. The van der Waals surface area contributed by atoms with Crippen LogP contribution < -0.4 is 0 Å². The minimum Gasteiger partial charge on any atom is -0.444 e. The van der Waals surface area contributed by atoms with Crippen LogP contribution in [0.3, 0.4) is 0 Å². The molecule has 0 aromatic carbocycles. The molecule has 1 amide bonds. The molecule has 0 fully saturated rings. The first-order valence-electron chi connectivity index (χ1n) is 6.30. The number of amides is 1. The zero-order valence-corrected chi connectivity index (χ0v) is 12.5. The Bertz CT molecular complexity index is 629. The molecule has 0 saturated heterocycles. The lowest BCUT2D eigenvalue weighted by Gasteiger charge is -2.34. The fourth-order valence-corrected chi connectivity index (χ4v) is 2.98. The highest BCUT2D eigenvalue weighted by Gasteiger charge is 2.30. The molecule has 0 unspecified atom stereocenters. The number of aryl methyl sites for hydroxylation is 1. The lowest BCUT2D eigenvalue weighted by Crippen LogP contribution is -2.40. The Morgan fingerprint density at radius 3 is 2.79 bits per heavy atom. The van der Waals surface area contributed by atoms with E-state index < -0.39 is 0 Å². The number of carbonyl (C=O) groups is 1. The number of carbonyl (C=O) groups excluding carboxylic acids is 1. The number of halogens is 1. The van der Waals surface area contributed by atoms with Crippen LogP contribution in [0.25, 0.3) is 0 Å². The first-order chi connectivity index (χ1) is 9.08. The van der Waals surface area contributed by atoms with Crippen LogP contribution in [-0.4, -0.2) is 21.9 Å². The van der Waals surface area contributed by atoms with Crippen molar-refractivity contribution in [3.8, 4) is 0 Å². The number of nitrogens with zero attached hydrogens (tertiary/aromatic N) is 2. The van der Waals surface area contributed by atoms with Gasteiger partial charge in [-0.1, -0.05) is 0 Å². The second-order valence-electron chi connectivity index (χ2n) is 4.83. The van der Waals surface area contributed by atoms with Crippen LogP contribution in [0.1, 0.15) is 34.9 Å². The molecule has 5 heteroatoms. The topological polar surface area (TPSA) is 38.4 Å². The third-order valence-electron chi connectivity index (χ3n) is 3.74. The summed E-state index contributed by atoms with van der Waals surface area (Å²) in [5.74, 6) is 0.332. The highest BCUT2D eigenvalue weighted by molar-refractivity contribution is 9.10. The van der Waals surface area contributed by atoms with Gasteiger partial charge >= 0.3 is 0 Å². The molecule has 0 N–H and O–H groups in total. The molecule has 19 heavy (non-hydrogen) atoms. The maximum absolute atomic E-state index is 12.4. The Labute approximate surface area is 120 Å². The molecule has 1 aliphatic heterocycles. The van der Waals surface area contributed by atoms with Crippen molar-refractivity contribution < 1.29 is 9.21 Å². The largest absolute Gasteiger partial charge is 0.444 e. The van der Waals surface area contributed by atoms with Gasteiger partial charge in [-0.2, -0.15) is 0 Å². The summed E-state index contributed by atoms with van der Waals surface area (Å²) >= 11 is 3.23. The van der Waals surface area contributed by atoms with E-state index in [-0.39, 0.29) is 11.9 Å². The van der Waals surface area contributed by atoms with Gasteiger partial charge in [0.15, 0.2) is 10.4 Å². The minimum atomic E-state index is -0.0525. The van der Waals surface area contributed by atoms with Crippen LogP contribution in [0.2, 0.25) is 0 Å². The molecule has 1 atom stereocenters. The van der Waals surface area contributed by atoms with E-state index in [1.807, 2.05) is 4.90 Å². The number of rotatable bonds is 1. The van der Waals surface area contributed by atoms with Gasteiger partial charge in [-0.15, -0.1) is 0 Å². The van der Waals surface area contributed by atoms with E-state index in [1.54, 1.807) is 12.1 Å². The number of fused-ring (bicyclic) bond motifs is 1. The van der Waals surface area contributed by atoms with Crippen LogP contribution in [0.4, 0.5) is 0 Å². The Morgan fingerprint density at radius 2 is 2.11 bits per heavy atom. The number of hydrogen-bond acceptors (Lipinski definition) is 2. The van der Waals surface area contributed by atoms with Gasteiger partial charge in [0.05, 0.1) is 6.04 Å². The Hall–Kier alpha value is -1.49. The molecule has 4 nitrogen and oxygen atoms in total. The molecule has 3 heterocycles. The molecule has 2 aromatic rings. The lowest BCUT2D eigenvalue weighted by atomic mass is 10.1. The molecular weight excluding hydrogens is 308 g/mol. The first kappa shape index (κ1) is 12.5. The van der Waals surface area contributed by atoms with Gasteiger partial charge in [0, 0.05) is 24.5 Å². The third-order valence-corrected chi connectivity index (χ3v) is 4.16. The summed E-state index contributed by atoms with van der Waals surface area (Å²) in [5.41, 5.74) is 2.43. The van der Waals surface area contributed by atoms with Crippen molar-refractivity contribution >= 4 is 21.8 Å². The van der Waals surface area contributed by atoms with Crippen LogP contribution >= 0.6 is 15.9 Å². The van der Waals surface area contributed by atoms with E-state index >= 15 is 0 Å². The third kappa shape index (κ3) is 2.02. The predicted molar refractivity (Wildman–Crippen MR) is 75.0 cm³/mol. The van der Waals surface area contributed by atoms with Gasteiger partial charge < -0.3 is 13.9 Å². The van der Waals surface area contributed by atoms with Crippen molar-refractivity contribution in [2.45, 2.75) is 26.4 Å². The standard InChI is InChI=1S/C14H15BrN2O2/c1-9-3-4-11-10(2)17(8-7-16(9)11)14(18)12-5-6-13(15)19-12/h3-6,10H,7-8H2,1-2H3/t10-/m1/s1. The van der Waals surface area contributed by atoms with Gasteiger partial charge in [-0.25, -0.2) is 0 Å².